The molecule has 3 aromatic rings. The van der Waals surface area contributed by atoms with Crippen molar-refractivity contribution in [2.75, 3.05) is 25.5 Å². The Morgan fingerprint density at radius 1 is 1.15 bits per heavy atom. The fourth-order valence-electron chi connectivity index (χ4n) is 3.67. The molecule has 0 radical (unpaired) electrons. The number of aromatic amines is 1. The molecule has 142 valence electrons. The van der Waals surface area contributed by atoms with E-state index >= 15 is 0 Å². The van der Waals surface area contributed by atoms with Crippen LogP contribution >= 0.6 is 0 Å². The minimum Gasteiger partial charge on any atom is -0.323 e. The van der Waals surface area contributed by atoms with Gasteiger partial charge in [-0.2, -0.15) is 5.10 Å². The maximum atomic E-state index is 4.98. The Morgan fingerprint density at radius 2 is 1.93 bits per heavy atom. The molecule has 27 heavy (non-hydrogen) atoms. The summed E-state index contributed by atoms with van der Waals surface area (Å²) in [6, 6.07) is 8.50. The van der Waals surface area contributed by atoms with Crippen LogP contribution in [0.25, 0.3) is 10.9 Å². The van der Waals surface area contributed by atoms with Gasteiger partial charge in [0.2, 0.25) is 0 Å². The second-order valence-electron chi connectivity index (χ2n) is 8.00. The van der Waals surface area contributed by atoms with E-state index in [0.29, 0.717) is 11.8 Å². The van der Waals surface area contributed by atoms with Gasteiger partial charge in [-0.15, -0.1) is 0 Å². The summed E-state index contributed by atoms with van der Waals surface area (Å²) in [7, 11) is 2.18. The van der Waals surface area contributed by atoms with Crippen LogP contribution in [0.3, 0.4) is 0 Å². The molecule has 1 aliphatic heterocycles. The van der Waals surface area contributed by atoms with Crippen LogP contribution in [-0.4, -0.2) is 45.2 Å². The second-order valence-corrected chi connectivity index (χ2v) is 8.00. The molecule has 0 spiro atoms. The number of nitrogens with one attached hydrogen (secondary N) is 2. The molecule has 0 aliphatic carbocycles. The van der Waals surface area contributed by atoms with E-state index in [1.165, 1.54) is 5.56 Å². The maximum absolute atomic E-state index is 4.98. The summed E-state index contributed by atoms with van der Waals surface area (Å²) in [5.41, 5.74) is 3.34. The van der Waals surface area contributed by atoms with Crippen molar-refractivity contribution in [3.8, 4) is 0 Å². The van der Waals surface area contributed by atoms with Crippen LogP contribution in [0.15, 0.2) is 24.3 Å². The Labute approximate surface area is 160 Å². The van der Waals surface area contributed by atoms with Crippen molar-refractivity contribution in [3.63, 3.8) is 0 Å². The monoisotopic (exact) mass is 364 g/mol. The zero-order chi connectivity index (χ0) is 19.0. The van der Waals surface area contributed by atoms with Gasteiger partial charge in [0.1, 0.15) is 11.6 Å². The average molecular weight is 364 g/mol. The quantitative estimate of drug-likeness (QED) is 0.721. The SMILES string of the molecule is Cc1cc(Nc2nc(C3CCN(C)CC3)nc3cc(C(C)C)ccc23)n[nH]1. The minimum atomic E-state index is 0.412. The second kappa shape index (κ2) is 7.27. The predicted molar refractivity (Wildman–Crippen MR) is 110 cm³/mol. The Hall–Kier alpha value is -2.47. The molecule has 1 aromatic carbocycles. The molecule has 1 aliphatic rings. The molecule has 0 atom stereocenters. The van der Waals surface area contributed by atoms with Crippen LogP contribution in [-0.2, 0) is 0 Å². The molecule has 6 nitrogen and oxygen atoms in total. The minimum absolute atomic E-state index is 0.412. The van der Waals surface area contributed by atoms with Gasteiger partial charge in [0, 0.05) is 23.1 Å². The number of anilines is 2. The van der Waals surface area contributed by atoms with Crippen LogP contribution < -0.4 is 5.32 Å². The van der Waals surface area contributed by atoms with Gasteiger partial charge in [-0.3, -0.25) is 5.10 Å². The average Bonchev–Trinajstić information content (AvgIpc) is 3.06. The number of hydrogen-bond acceptors (Lipinski definition) is 5. The first-order valence-electron chi connectivity index (χ1n) is 9.79. The third kappa shape index (κ3) is 3.81. The highest BCUT2D eigenvalue weighted by Crippen LogP contribution is 2.31. The normalized spacial score (nSPS) is 16.3. The molecular weight excluding hydrogens is 336 g/mol. The standard InChI is InChI=1S/C21H28N6/c1-13(2)16-5-6-17-18(12-16)22-20(15-7-9-27(4)10-8-15)24-21(17)23-19-11-14(3)25-26-19/h5-6,11-13,15H,7-10H2,1-4H3,(H2,22,23,24,25,26). The van der Waals surface area contributed by atoms with Crippen molar-refractivity contribution in [2.45, 2.75) is 45.4 Å². The molecule has 2 aromatic heterocycles. The van der Waals surface area contributed by atoms with Crippen molar-refractivity contribution in [1.29, 1.82) is 0 Å². The van der Waals surface area contributed by atoms with Crippen LogP contribution in [0.5, 0.6) is 0 Å². The number of piperidine rings is 1. The lowest BCUT2D eigenvalue weighted by Crippen LogP contribution is -2.30. The molecule has 6 heteroatoms. The highest BCUT2D eigenvalue weighted by molar-refractivity contribution is 5.91. The van der Waals surface area contributed by atoms with Crippen LogP contribution in [0.4, 0.5) is 11.6 Å². The fourth-order valence-corrected chi connectivity index (χ4v) is 3.67. The van der Waals surface area contributed by atoms with Crippen molar-refractivity contribution in [3.05, 3.63) is 41.3 Å². The summed E-state index contributed by atoms with van der Waals surface area (Å²) < 4.78 is 0. The molecule has 0 bridgehead atoms. The molecule has 2 N–H and O–H groups in total. The Morgan fingerprint density at radius 3 is 2.59 bits per heavy atom. The van der Waals surface area contributed by atoms with E-state index < -0.39 is 0 Å². The number of hydrogen-bond donors (Lipinski definition) is 2. The van der Waals surface area contributed by atoms with Gasteiger partial charge in [-0.1, -0.05) is 19.9 Å². The fraction of sp³-hybridized carbons (Fsp3) is 0.476. The lowest BCUT2D eigenvalue weighted by Gasteiger charge is -2.28. The van der Waals surface area contributed by atoms with Gasteiger partial charge in [0.25, 0.3) is 0 Å². The highest BCUT2D eigenvalue weighted by atomic mass is 15.2. The van der Waals surface area contributed by atoms with E-state index in [2.05, 4.69) is 59.5 Å². The lowest BCUT2D eigenvalue weighted by atomic mass is 9.95. The van der Waals surface area contributed by atoms with Crippen molar-refractivity contribution in [1.82, 2.24) is 25.1 Å². The van der Waals surface area contributed by atoms with Crippen molar-refractivity contribution in [2.24, 2.45) is 0 Å². The molecule has 4 rings (SSSR count). The van der Waals surface area contributed by atoms with E-state index in [-0.39, 0.29) is 0 Å². The summed E-state index contributed by atoms with van der Waals surface area (Å²) in [5.74, 6) is 3.47. The summed E-state index contributed by atoms with van der Waals surface area (Å²) in [6.45, 7) is 8.62. The van der Waals surface area contributed by atoms with E-state index in [0.717, 1.165) is 60.0 Å². The summed E-state index contributed by atoms with van der Waals surface area (Å²) in [5, 5.41) is 11.7. The third-order valence-corrected chi connectivity index (χ3v) is 5.44. The summed E-state index contributed by atoms with van der Waals surface area (Å²) >= 11 is 0. The number of aromatic nitrogens is 4. The van der Waals surface area contributed by atoms with Crippen LogP contribution in [0.2, 0.25) is 0 Å². The molecule has 0 unspecified atom stereocenters. The highest BCUT2D eigenvalue weighted by Gasteiger charge is 2.22. The number of rotatable bonds is 4. The first-order chi connectivity index (χ1) is 13.0. The number of likely N-dealkylation sites (tertiary alicyclic amines) is 1. The van der Waals surface area contributed by atoms with E-state index in [9.17, 15) is 0 Å². The van der Waals surface area contributed by atoms with E-state index in [1.807, 2.05) is 13.0 Å². The Bertz CT molecular complexity index is 937. The molecule has 0 saturated carbocycles. The maximum Gasteiger partial charge on any atom is 0.153 e. The van der Waals surface area contributed by atoms with Gasteiger partial charge in [0.05, 0.1) is 5.52 Å². The zero-order valence-electron chi connectivity index (χ0n) is 16.6. The van der Waals surface area contributed by atoms with Crippen molar-refractivity contribution >= 4 is 22.5 Å². The van der Waals surface area contributed by atoms with E-state index in [4.69, 9.17) is 9.97 Å². The largest absolute Gasteiger partial charge is 0.323 e. The molecule has 0 amide bonds. The van der Waals surface area contributed by atoms with Gasteiger partial charge < -0.3 is 10.2 Å². The molecule has 3 heterocycles. The van der Waals surface area contributed by atoms with Crippen LogP contribution in [0.1, 0.15) is 55.6 Å². The number of nitrogens with zero attached hydrogens (tertiary/aromatic N) is 4. The summed E-state index contributed by atoms with van der Waals surface area (Å²) in [4.78, 5) is 12.3. The summed E-state index contributed by atoms with van der Waals surface area (Å²) in [6.07, 6.45) is 2.21. The van der Waals surface area contributed by atoms with Crippen molar-refractivity contribution < 1.29 is 0 Å². The van der Waals surface area contributed by atoms with E-state index in [1.54, 1.807) is 0 Å². The first-order valence-corrected chi connectivity index (χ1v) is 9.79. The molecule has 1 fully saturated rings. The lowest BCUT2D eigenvalue weighted by molar-refractivity contribution is 0.251. The zero-order valence-corrected chi connectivity index (χ0v) is 16.6. The Kier molecular flexibility index (Phi) is 4.83. The molecular formula is C21H28N6. The first kappa shape index (κ1) is 17.9. The topological polar surface area (TPSA) is 69.7 Å². The predicted octanol–water partition coefficient (Wildman–Crippen LogP) is 4.34. The number of fused-ring (bicyclic) bond motifs is 1. The number of aryl methyl sites for hydroxylation is 1. The van der Waals surface area contributed by atoms with Gasteiger partial charge >= 0.3 is 0 Å². The number of H-pyrrole nitrogens is 1. The smallest absolute Gasteiger partial charge is 0.153 e. The third-order valence-electron chi connectivity index (χ3n) is 5.44. The Balaban J connectivity index is 1.78. The van der Waals surface area contributed by atoms with Gasteiger partial charge in [-0.25, -0.2) is 9.97 Å². The van der Waals surface area contributed by atoms with Gasteiger partial charge in [0.15, 0.2) is 5.82 Å². The molecule has 1 saturated heterocycles. The number of benzene rings is 1. The van der Waals surface area contributed by atoms with Gasteiger partial charge in [-0.05, 0) is 63.5 Å². The van der Waals surface area contributed by atoms with Crippen LogP contribution in [0, 0.1) is 6.92 Å².